The highest BCUT2D eigenvalue weighted by Crippen LogP contribution is 2.24. The number of carbonyl (C=O) groups is 1. The summed E-state index contributed by atoms with van der Waals surface area (Å²) in [4.78, 5) is 11.0. The van der Waals surface area contributed by atoms with Crippen molar-refractivity contribution in [2.75, 3.05) is 18.4 Å². The Morgan fingerprint density at radius 1 is 1.41 bits per heavy atom. The van der Waals surface area contributed by atoms with E-state index in [2.05, 4.69) is 10.6 Å². The molecule has 4 N–H and O–H groups in total. The van der Waals surface area contributed by atoms with Crippen LogP contribution in [0.4, 0.5) is 5.69 Å². The molecule has 0 aromatic heterocycles. The maximum absolute atomic E-state index is 11.0. The van der Waals surface area contributed by atoms with Crippen molar-refractivity contribution < 1.29 is 4.79 Å². The summed E-state index contributed by atoms with van der Waals surface area (Å²) < 4.78 is 0. The van der Waals surface area contributed by atoms with Crippen LogP contribution in [0.5, 0.6) is 0 Å². The molecule has 1 aromatic carbocycles. The molecule has 0 bridgehead atoms. The summed E-state index contributed by atoms with van der Waals surface area (Å²) in [6.45, 7) is 2.04. The van der Waals surface area contributed by atoms with Crippen molar-refractivity contribution in [3.63, 3.8) is 0 Å². The van der Waals surface area contributed by atoms with Gasteiger partial charge >= 0.3 is 0 Å². The van der Waals surface area contributed by atoms with E-state index in [1.54, 1.807) is 12.1 Å². The molecule has 1 fully saturated rings. The Hall–Kier alpha value is -1.26. The zero-order chi connectivity index (χ0) is 12.3. The van der Waals surface area contributed by atoms with Gasteiger partial charge in [0.25, 0.3) is 0 Å². The van der Waals surface area contributed by atoms with E-state index >= 15 is 0 Å². The largest absolute Gasteiger partial charge is 0.381 e. The van der Waals surface area contributed by atoms with Crippen molar-refractivity contribution in [1.82, 2.24) is 5.32 Å². The van der Waals surface area contributed by atoms with Crippen molar-refractivity contribution in [2.24, 2.45) is 5.73 Å². The Kier molecular flexibility index (Phi) is 3.86. The third-order valence-electron chi connectivity index (χ3n) is 2.95. The number of carbonyl (C=O) groups excluding carboxylic acids is 1. The van der Waals surface area contributed by atoms with E-state index in [4.69, 9.17) is 17.3 Å². The van der Waals surface area contributed by atoms with E-state index in [-0.39, 0.29) is 0 Å². The Morgan fingerprint density at radius 3 is 2.71 bits per heavy atom. The summed E-state index contributed by atoms with van der Waals surface area (Å²) in [5.41, 5.74) is 6.49. The normalized spacial score (nSPS) is 16.8. The molecule has 1 aliphatic heterocycles. The monoisotopic (exact) mass is 253 g/mol. The smallest absolute Gasteiger partial charge is 0.248 e. The predicted octanol–water partition coefficient (Wildman–Crippen LogP) is 1.60. The predicted molar refractivity (Wildman–Crippen MR) is 69.5 cm³/mol. The summed E-state index contributed by atoms with van der Waals surface area (Å²) in [6, 6.07) is 5.54. The first-order chi connectivity index (χ1) is 8.16. The highest BCUT2D eigenvalue weighted by Gasteiger charge is 2.14. The molecule has 1 aromatic rings. The molecule has 4 nitrogen and oxygen atoms in total. The minimum absolute atomic E-state index is 0.436. The standard InChI is InChI=1S/C12H16ClN3O/c13-10-7-8(12(14)17)1-2-11(10)16-9-3-5-15-6-4-9/h1-2,7,9,15-16H,3-6H2,(H2,14,17). The maximum atomic E-state index is 11.0. The average molecular weight is 254 g/mol. The van der Waals surface area contributed by atoms with Gasteiger partial charge in [-0.25, -0.2) is 0 Å². The van der Waals surface area contributed by atoms with Crippen LogP contribution in [-0.2, 0) is 0 Å². The molecule has 17 heavy (non-hydrogen) atoms. The Bertz CT molecular complexity index is 416. The molecule has 1 aliphatic rings. The van der Waals surface area contributed by atoms with Crippen LogP contribution < -0.4 is 16.4 Å². The van der Waals surface area contributed by atoms with E-state index in [0.29, 0.717) is 16.6 Å². The SMILES string of the molecule is NC(=O)c1ccc(NC2CCNCC2)c(Cl)c1. The fourth-order valence-electron chi connectivity index (χ4n) is 1.97. The number of hydrogen-bond donors (Lipinski definition) is 3. The molecule has 0 radical (unpaired) electrons. The summed E-state index contributed by atoms with van der Waals surface area (Å²) in [7, 11) is 0. The number of nitrogens with one attached hydrogen (secondary N) is 2. The summed E-state index contributed by atoms with van der Waals surface area (Å²) in [5.74, 6) is -0.458. The average Bonchev–Trinajstić information content (AvgIpc) is 2.33. The van der Waals surface area contributed by atoms with Gasteiger partial charge in [-0.2, -0.15) is 0 Å². The third-order valence-corrected chi connectivity index (χ3v) is 3.27. The van der Waals surface area contributed by atoms with Gasteiger partial charge in [0.05, 0.1) is 10.7 Å². The lowest BCUT2D eigenvalue weighted by atomic mass is 10.1. The second-order valence-electron chi connectivity index (χ2n) is 4.23. The quantitative estimate of drug-likeness (QED) is 0.767. The summed E-state index contributed by atoms with van der Waals surface area (Å²) in [5, 5.41) is 7.24. The van der Waals surface area contributed by atoms with Gasteiger partial charge in [-0.05, 0) is 44.1 Å². The number of amides is 1. The van der Waals surface area contributed by atoms with Crippen LogP contribution in [0.15, 0.2) is 18.2 Å². The van der Waals surface area contributed by atoms with Gasteiger partial charge in [0.1, 0.15) is 0 Å². The second kappa shape index (κ2) is 5.38. The number of anilines is 1. The first-order valence-corrected chi connectivity index (χ1v) is 6.11. The van der Waals surface area contributed by atoms with Gasteiger partial charge < -0.3 is 16.4 Å². The Balaban J connectivity index is 2.08. The highest BCUT2D eigenvalue weighted by molar-refractivity contribution is 6.33. The van der Waals surface area contributed by atoms with Gasteiger partial charge in [0.15, 0.2) is 0 Å². The summed E-state index contributed by atoms with van der Waals surface area (Å²) >= 11 is 6.11. The fraction of sp³-hybridized carbons (Fsp3) is 0.417. The molecule has 92 valence electrons. The molecular formula is C12H16ClN3O. The van der Waals surface area contributed by atoms with Crippen LogP contribution in [0.3, 0.4) is 0 Å². The number of rotatable bonds is 3. The minimum Gasteiger partial charge on any atom is -0.381 e. The van der Waals surface area contributed by atoms with Crippen molar-refractivity contribution >= 4 is 23.2 Å². The van der Waals surface area contributed by atoms with Crippen LogP contribution in [0, 0.1) is 0 Å². The second-order valence-corrected chi connectivity index (χ2v) is 4.63. The molecule has 1 amide bonds. The first-order valence-electron chi connectivity index (χ1n) is 5.73. The lowest BCUT2D eigenvalue weighted by Gasteiger charge is -2.25. The molecule has 0 aliphatic carbocycles. The number of nitrogens with two attached hydrogens (primary N) is 1. The molecule has 1 heterocycles. The molecule has 0 atom stereocenters. The van der Waals surface area contributed by atoms with Gasteiger partial charge in [0, 0.05) is 11.6 Å². The Morgan fingerprint density at radius 2 is 2.12 bits per heavy atom. The molecule has 1 saturated heterocycles. The van der Waals surface area contributed by atoms with E-state index in [0.717, 1.165) is 31.6 Å². The van der Waals surface area contributed by atoms with Crippen LogP contribution in [0.25, 0.3) is 0 Å². The molecule has 0 saturated carbocycles. The zero-order valence-electron chi connectivity index (χ0n) is 9.50. The van der Waals surface area contributed by atoms with E-state index in [1.807, 2.05) is 6.07 Å². The minimum atomic E-state index is -0.458. The van der Waals surface area contributed by atoms with Gasteiger partial charge in [-0.3, -0.25) is 4.79 Å². The number of benzene rings is 1. The van der Waals surface area contributed by atoms with Crippen molar-refractivity contribution in [3.05, 3.63) is 28.8 Å². The van der Waals surface area contributed by atoms with E-state index in [9.17, 15) is 4.79 Å². The van der Waals surface area contributed by atoms with Gasteiger partial charge in [-0.1, -0.05) is 11.6 Å². The molecule has 0 spiro atoms. The van der Waals surface area contributed by atoms with Crippen molar-refractivity contribution in [3.8, 4) is 0 Å². The lowest BCUT2D eigenvalue weighted by Crippen LogP contribution is -2.35. The number of halogens is 1. The van der Waals surface area contributed by atoms with Crippen LogP contribution in [0.1, 0.15) is 23.2 Å². The van der Waals surface area contributed by atoms with E-state index in [1.165, 1.54) is 0 Å². The molecule has 5 heteroatoms. The van der Waals surface area contributed by atoms with Crippen LogP contribution in [-0.4, -0.2) is 25.0 Å². The van der Waals surface area contributed by atoms with Gasteiger partial charge in [0.2, 0.25) is 5.91 Å². The molecule has 2 rings (SSSR count). The number of primary amides is 1. The van der Waals surface area contributed by atoms with Crippen molar-refractivity contribution in [2.45, 2.75) is 18.9 Å². The van der Waals surface area contributed by atoms with Crippen molar-refractivity contribution in [1.29, 1.82) is 0 Å². The van der Waals surface area contributed by atoms with Gasteiger partial charge in [-0.15, -0.1) is 0 Å². The van der Waals surface area contributed by atoms with E-state index < -0.39 is 5.91 Å². The molecular weight excluding hydrogens is 238 g/mol. The highest BCUT2D eigenvalue weighted by atomic mass is 35.5. The lowest BCUT2D eigenvalue weighted by molar-refractivity contribution is 0.100. The van der Waals surface area contributed by atoms with Crippen LogP contribution in [0.2, 0.25) is 5.02 Å². The first kappa shape index (κ1) is 12.2. The fourth-order valence-corrected chi connectivity index (χ4v) is 2.21. The zero-order valence-corrected chi connectivity index (χ0v) is 10.3. The third kappa shape index (κ3) is 3.11. The number of piperidine rings is 1. The van der Waals surface area contributed by atoms with Crippen LogP contribution >= 0.6 is 11.6 Å². The number of hydrogen-bond acceptors (Lipinski definition) is 3. The Labute approximate surface area is 106 Å². The maximum Gasteiger partial charge on any atom is 0.248 e. The topological polar surface area (TPSA) is 67.2 Å². The molecule has 0 unspecified atom stereocenters. The summed E-state index contributed by atoms with van der Waals surface area (Å²) in [6.07, 6.45) is 2.15.